The Morgan fingerprint density at radius 1 is 0.971 bits per heavy atom. The molecule has 0 saturated heterocycles. The van der Waals surface area contributed by atoms with Crippen molar-refractivity contribution in [2.24, 2.45) is 0 Å². The van der Waals surface area contributed by atoms with Crippen LogP contribution in [0.15, 0.2) is 85.2 Å². The summed E-state index contributed by atoms with van der Waals surface area (Å²) in [5, 5.41) is 7.70. The number of amides is 2. The van der Waals surface area contributed by atoms with E-state index in [0.29, 0.717) is 28.1 Å². The third-order valence-corrected chi connectivity index (χ3v) is 5.72. The van der Waals surface area contributed by atoms with Gasteiger partial charge in [0.15, 0.2) is 0 Å². The molecule has 0 aliphatic carbocycles. The van der Waals surface area contributed by atoms with E-state index in [4.69, 9.17) is 11.6 Å². The van der Waals surface area contributed by atoms with Crippen LogP contribution in [-0.4, -0.2) is 23.3 Å². The first-order chi connectivity index (χ1) is 16.5. The molecule has 1 heterocycles. The molecule has 0 saturated carbocycles. The molecule has 2 amide bonds. The van der Waals surface area contributed by atoms with Gasteiger partial charge in [0, 0.05) is 29.5 Å². The standard InChI is InChI=1S/C27H23ClFN3O2/c28-23-10-7-19(8-11-23)25(27(34)31-14-2-4-18-3-1-13-30-17-18)32-26(33)22-6-5-21-16-24(29)12-9-20(21)15-22/h1,3,5-13,15-17,25H,2,4,14H2,(H,31,34)(H,32,33). The molecule has 3 aromatic carbocycles. The smallest absolute Gasteiger partial charge is 0.252 e. The SMILES string of the molecule is O=C(NC(C(=O)NCCCc1cccnc1)c1ccc(Cl)cc1)c1ccc2cc(F)ccc2c1. The lowest BCUT2D eigenvalue weighted by Crippen LogP contribution is -2.40. The highest BCUT2D eigenvalue weighted by atomic mass is 35.5. The monoisotopic (exact) mass is 475 g/mol. The van der Waals surface area contributed by atoms with Gasteiger partial charge in [0.05, 0.1) is 0 Å². The Balaban J connectivity index is 1.46. The molecule has 4 aromatic rings. The van der Waals surface area contributed by atoms with E-state index in [9.17, 15) is 14.0 Å². The molecule has 172 valence electrons. The van der Waals surface area contributed by atoms with Gasteiger partial charge >= 0.3 is 0 Å². The average Bonchev–Trinajstić information content (AvgIpc) is 2.86. The van der Waals surface area contributed by atoms with E-state index in [1.54, 1.807) is 60.9 Å². The van der Waals surface area contributed by atoms with Gasteiger partial charge < -0.3 is 10.6 Å². The van der Waals surface area contributed by atoms with Crippen LogP contribution in [0.4, 0.5) is 4.39 Å². The summed E-state index contributed by atoms with van der Waals surface area (Å²) in [6, 6.07) is 19.1. The minimum Gasteiger partial charge on any atom is -0.354 e. The molecule has 0 aliphatic rings. The number of rotatable bonds is 8. The van der Waals surface area contributed by atoms with Crippen LogP contribution < -0.4 is 10.6 Å². The summed E-state index contributed by atoms with van der Waals surface area (Å²) in [6.45, 7) is 0.454. The number of nitrogens with one attached hydrogen (secondary N) is 2. The molecule has 1 unspecified atom stereocenters. The van der Waals surface area contributed by atoms with Crippen LogP contribution in [0.25, 0.3) is 10.8 Å². The number of carbonyl (C=O) groups is 2. The molecule has 0 radical (unpaired) electrons. The molecule has 1 atom stereocenters. The Kier molecular flexibility index (Phi) is 7.50. The largest absolute Gasteiger partial charge is 0.354 e. The molecule has 7 heteroatoms. The zero-order valence-electron chi connectivity index (χ0n) is 18.3. The third-order valence-electron chi connectivity index (χ3n) is 5.47. The molecule has 0 aliphatic heterocycles. The van der Waals surface area contributed by atoms with Gasteiger partial charge in [0.1, 0.15) is 11.9 Å². The number of pyridine rings is 1. The van der Waals surface area contributed by atoms with E-state index >= 15 is 0 Å². The number of nitrogens with zero attached hydrogens (tertiary/aromatic N) is 1. The molecule has 1 aromatic heterocycles. The van der Waals surface area contributed by atoms with Crippen LogP contribution in [0.5, 0.6) is 0 Å². The van der Waals surface area contributed by atoms with Crippen molar-refractivity contribution in [3.05, 3.63) is 113 Å². The van der Waals surface area contributed by atoms with Gasteiger partial charge in [0.25, 0.3) is 5.91 Å². The molecule has 5 nitrogen and oxygen atoms in total. The topological polar surface area (TPSA) is 71.1 Å². The number of hydrogen-bond acceptors (Lipinski definition) is 3. The lowest BCUT2D eigenvalue weighted by molar-refractivity contribution is -0.123. The number of halogens is 2. The number of aryl methyl sites for hydroxylation is 1. The summed E-state index contributed by atoms with van der Waals surface area (Å²) >= 11 is 6.01. The van der Waals surface area contributed by atoms with Gasteiger partial charge in [-0.05, 0) is 77.2 Å². The van der Waals surface area contributed by atoms with Crippen molar-refractivity contribution in [2.45, 2.75) is 18.9 Å². The maximum atomic E-state index is 13.5. The molecule has 4 rings (SSSR count). The zero-order chi connectivity index (χ0) is 23.9. The third kappa shape index (κ3) is 5.97. The van der Waals surface area contributed by atoms with Crippen molar-refractivity contribution < 1.29 is 14.0 Å². The van der Waals surface area contributed by atoms with Crippen molar-refractivity contribution in [1.29, 1.82) is 0 Å². The molecular weight excluding hydrogens is 453 g/mol. The van der Waals surface area contributed by atoms with E-state index in [1.165, 1.54) is 12.1 Å². The van der Waals surface area contributed by atoms with Gasteiger partial charge in [-0.25, -0.2) is 4.39 Å². The van der Waals surface area contributed by atoms with Crippen LogP contribution >= 0.6 is 11.6 Å². The van der Waals surface area contributed by atoms with E-state index in [0.717, 1.165) is 23.8 Å². The minimum absolute atomic E-state index is 0.315. The quantitative estimate of drug-likeness (QED) is 0.342. The van der Waals surface area contributed by atoms with E-state index in [2.05, 4.69) is 15.6 Å². The number of aromatic nitrogens is 1. The second-order valence-electron chi connectivity index (χ2n) is 7.92. The summed E-state index contributed by atoms with van der Waals surface area (Å²) < 4.78 is 13.5. The molecule has 2 N–H and O–H groups in total. The Labute approximate surface area is 202 Å². The van der Waals surface area contributed by atoms with E-state index in [-0.39, 0.29) is 11.7 Å². The van der Waals surface area contributed by atoms with Crippen LogP contribution in [0.3, 0.4) is 0 Å². The highest BCUT2D eigenvalue weighted by Gasteiger charge is 2.23. The fourth-order valence-electron chi connectivity index (χ4n) is 3.68. The van der Waals surface area contributed by atoms with Crippen LogP contribution in [0.1, 0.15) is 33.9 Å². The summed E-state index contributed by atoms with van der Waals surface area (Å²) in [5.74, 6) is -1.06. The van der Waals surface area contributed by atoms with Gasteiger partial charge in [-0.1, -0.05) is 41.9 Å². The zero-order valence-corrected chi connectivity index (χ0v) is 19.1. The Morgan fingerprint density at radius 3 is 2.50 bits per heavy atom. The van der Waals surface area contributed by atoms with Crippen molar-refractivity contribution >= 4 is 34.2 Å². The van der Waals surface area contributed by atoms with Crippen molar-refractivity contribution in [3.8, 4) is 0 Å². The van der Waals surface area contributed by atoms with Crippen molar-refractivity contribution in [1.82, 2.24) is 15.6 Å². The van der Waals surface area contributed by atoms with Gasteiger partial charge in [0.2, 0.25) is 5.91 Å². The van der Waals surface area contributed by atoms with Crippen molar-refractivity contribution in [2.75, 3.05) is 6.54 Å². The van der Waals surface area contributed by atoms with Crippen LogP contribution in [0, 0.1) is 5.82 Å². The fraction of sp³-hybridized carbons (Fsp3) is 0.148. The van der Waals surface area contributed by atoms with Gasteiger partial charge in [-0.3, -0.25) is 14.6 Å². The Bertz CT molecular complexity index is 1300. The number of benzene rings is 3. The van der Waals surface area contributed by atoms with Crippen molar-refractivity contribution in [3.63, 3.8) is 0 Å². The summed E-state index contributed by atoms with van der Waals surface area (Å²) in [4.78, 5) is 30.2. The first kappa shape index (κ1) is 23.4. The highest BCUT2D eigenvalue weighted by molar-refractivity contribution is 6.30. The summed E-state index contributed by atoms with van der Waals surface area (Å²) in [6.07, 6.45) is 5.04. The molecule has 0 bridgehead atoms. The van der Waals surface area contributed by atoms with E-state index in [1.807, 2.05) is 12.1 Å². The van der Waals surface area contributed by atoms with Gasteiger partial charge in [-0.15, -0.1) is 0 Å². The molecule has 0 spiro atoms. The fourth-order valence-corrected chi connectivity index (χ4v) is 3.81. The summed E-state index contributed by atoms with van der Waals surface area (Å²) in [5.41, 5.74) is 2.09. The number of hydrogen-bond donors (Lipinski definition) is 2. The van der Waals surface area contributed by atoms with Crippen LogP contribution in [-0.2, 0) is 11.2 Å². The Morgan fingerprint density at radius 2 is 1.74 bits per heavy atom. The number of fused-ring (bicyclic) bond motifs is 1. The molecule has 0 fully saturated rings. The lowest BCUT2D eigenvalue weighted by Gasteiger charge is -2.19. The number of carbonyl (C=O) groups excluding carboxylic acids is 2. The second kappa shape index (κ2) is 10.9. The first-order valence-corrected chi connectivity index (χ1v) is 11.3. The maximum Gasteiger partial charge on any atom is 0.252 e. The average molecular weight is 476 g/mol. The predicted molar refractivity (Wildman–Crippen MR) is 131 cm³/mol. The second-order valence-corrected chi connectivity index (χ2v) is 8.36. The van der Waals surface area contributed by atoms with E-state index < -0.39 is 11.9 Å². The normalized spacial score (nSPS) is 11.7. The maximum absolute atomic E-state index is 13.5. The minimum atomic E-state index is -0.896. The first-order valence-electron chi connectivity index (χ1n) is 10.9. The highest BCUT2D eigenvalue weighted by Crippen LogP contribution is 2.20. The lowest BCUT2D eigenvalue weighted by atomic mass is 10.0. The molecular formula is C27H23ClFN3O2. The molecule has 34 heavy (non-hydrogen) atoms. The Hall–Kier alpha value is -3.77. The summed E-state index contributed by atoms with van der Waals surface area (Å²) in [7, 11) is 0. The van der Waals surface area contributed by atoms with Gasteiger partial charge in [-0.2, -0.15) is 0 Å². The predicted octanol–water partition coefficient (Wildman–Crippen LogP) is 5.25. The van der Waals surface area contributed by atoms with Crippen LogP contribution in [0.2, 0.25) is 5.02 Å².